The normalized spacial score (nSPS) is 11.9. The monoisotopic (exact) mass is 676 g/mol. The molecule has 3 rings (SSSR count). The summed E-state index contributed by atoms with van der Waals surface area (Å²) in [5.74, 6) is 0.297. The molecule has 0 aliphatic rings. The molecule has 49 heavy (non-hydrogen) atoms. The maximum Gasteiger partial charge on any atom is 0.343 e. The SMILES string of the molecule is CCC(C)C(=O)OCCCCOc1ccc(C(=O)Oc2ccc(OC(=O)c3ccc(OCCCCOC(=O)C(C)CC)cc3)c(C)c2)cc1. The first kappa shape index (κ1) is 38.6. The van der Waals surface area contributed by atoms with Gasteiger partial charge in [-0.1, -0.05) is 27.7 Å². The number of hydrogen-bond donors (Lipinski definition) is 0. The maximum atomic E-state index is 12.8. The molecule has 0 spiro atoms. The Bertz CT molecular complexity index is 1500. The molecule has 0 heterocycles. The van der Waals surface area contributed by atoms with Crippen molar-refractivity contribution < 1.29 is 47.6 Å². The topological polar surface area (TPSA) is 124 Å². The zero-order valence-electron chi connectivity index (χ0n) is 29.2. The van der Waals surface area contributed by atoms with Gasteiger partial charge in [-0.3, -0.25) is 9.59 Å². The third-order valence-electron chi connectivity index (χ3n) is 7.87. The van der Waals surface area contributed by atoms with Gasteiger partial charge in [-0.05, 0) is 118 Å². The second-order valence-corrected chi connectivity index (χ2v) is 11.8. The predicted molar refractivity (Wildman–Crippen MR) is 184 cm³/mol. The van der Waals surface area contributed by atoms with Crippen molar-refractivity contribution >= 4 is 23.9 Å². The van der Waals surface area contributed by atoms with Gasteiger partial charge in [0, 0.05) is 0 Å². The van der Waals surface area contributed by atoms with Gasteiger partial charge in [-0.2, -0.15) is 0 Å². The summed E-state index contributed by atoms with van der Waals surface area (Å²) in [6.45, 7) is 11.0. The number of aryl methyl sites for hydroxylation is 1. The fourth-order valence-corrected chi connectivity index (χ4v) is 4.25. The van der Waals surface area contributed by atoms with E-state index in [4.69, 9.17) is 28.4 Å². The predicted octanol–water partition coefficient (Wildman–Crippen LogP) is 7.93. The molecule has 2 unspecified atom stereocenters. The molecular weight excluding hydrogens is 628 g/mol. The van der Waals surface area contributed by atoms with Gasteiger partial charge in [-0.15, -0.1) is 0 Å². The van der Waals surface area contributed by atoms with Gasteiger partial charge in [-0.25, -0.2) is 9.59 Å². The van der Waals surface area contributed by atoms with Crippen LogP contribution in [0.25, 0.3) is 0 Å². The molecule has 0 radical (unpaired) electrons. The minimum absolute atomic E-state index is 0.0880. The number of esters is 4. The molecule has 264 valence electrons. The molecule has 0 amide bonds. The minimum Gasteiger partial charge on any atom is -0.494 e. The van der Waals surface area contributed by atoms with Crippen molar-refractivity contribution in [3.05, 3.63) is 83.4 Å². The van der Waals surface area contributed by atoms with Crippen molar-refractivity contribution in [2.75, 3.05) is 26.4 Å². The molecule has 3 aromatic carbocycles. The van der Waals surface area contributed by atoms with Gasteiger partial charge in [0.25, 0.3) is 0 Å². The van der Waals surface area contributed by atoms with Gasteiger partial charge in [0.2, 0.25) is 0 Å². The number of carbonyl (C=O) groups excluding carboxylic acids is 4. The van der Waals surface area contributed by atoms with Gasteiger partial charge < -0.3 is 28.4 Å². The third kappa shape index (κ3) is 13.3. The summed E-state index contributed by atoms with van der Waals surface area (Å²) in [5.41, 5.74) is 1.33. The van der Waals surface area contributed by atoms with E-state index >= 15 is 0 Å². The smallest absolute Gasteiger partial charge is 0.343 e. The number of benzene rings is 3. The lowest BCUT2D eigenvalue weighted by atomic mass is 10.1. The lowest BCUT2D eigenvalue weighted by Crippen LogP contribution is -2.15. The number of rotatable bonds is 20. The standard InChI is InChI=1S/C39H48O10/c1-6-27(3)36(40)46-24-10-8-22-44-32-16-12-30(13-17-32)38(42)48-34-20-21-35(29(5)26-34)49-39(43)31-14-18-33(19-15-31)45-23-9-11-25-47-37(41)28(4)7-2/h12-21,26-28H,6-11,22-25H2,1-5H3. The minimum atomic E-state index is -0.536. The molecule has 0 aliphatic carbocycles. The Labute approximate surface area is 289 Å². The molecule has 0 saturated heterocycles. The van der Waals surface area contributed by atoms with Crippen LogP contribution in [0, 0.1) is 18.8 Å². The van der Waals surface area contributed by atoms with E-state index in [9.17, 15) is 19.2 Å². The lowest BCUT2D eigenvalue weighted by Gasteiger charge is -2.11. The summed E-state index contributed by atoms with van der Waals surface area (Å²) in [5, 5.41) is 0. The Morgan fingerprint density at radius 1 is 0.551 bits per heavy atom. The largest absolute Gasteiger partial charge is 0.494 e. The van der Waals surface area contributed by atoms with Crippen LogP contribution in [0.15, 0.2) is 66.7 Å². The van der Waals surface area contributed by atoms with E-state index < -0.39 is 11.9 Å². The van der Waals surface area contributed by atoms with E-state index in [1.54, 1.807) is 73.7 Å². The van der Waals surface area contributed by atoms with E-state index in [1.165, 1.54) is 0 Å². The molecule has 0 aliphatic heterocycles. The summed E-state index contributed by atoms with van der Waals surface area (Å²) < 4.78 is 33.0. The number of unbranched alkanes of at least 4 members (excludes halogenated alkanes) is 2. The molecule has 0 fully saturated rings. The molecule has 0 aromatic heterocycles. The van der Waals surface area contributed by atoms with Crippen LogP contribution in [0.4, 0.5) is 0 Å². The summed E-state index contributed by atoms with van der Waals surface area (Å²) in [4.78, 5) is 48.9. The van der Waals surface area contributed by atoms with Crippen LogP contribution < -0.4 is 18.9 Å². The fourth-order valence-electron chi connectivity index (χ4n) is 4.25. The Hall–Kier alpha value is -4.86. The molecule has 10 heteroatoms. The average Bonchev–Trinajstić information content (AvgIpc) is 3.11. The van der Waals surface area contributed by atoms with E-state index in [-0.39, 0.29) is 23.8 Å². The van der Waals surface area contributed by atoms with E-state index in [0.717, 1.165) is 25.7 Å². The van der Waals surface area contributed by atoms with E-state index in [2.05, 4.69) is 0 Å². The summed E-state index contributed by atoms with van der Waals surface area (Å²) in [6.07, 6.45) is 4.38. The first-order valence-corrected chi connectivity index (χ1v) is 16.9. The number of hydrogen-bond acceptors (Lipinski definition) is 10. The fraction of sp³-hybridized carbons (Fsp3) is 0.436. The van der Waals surface area contributed by atoms with Crippen LogP contribution in [0.3, 0.4) is 0 Å². The first-order valence-electron chi connectivity index (χ1n) is 16.9. The zero-order valence-corrected chi connectivity index (χ0v) is 29.2. The highest BCUT2D eigenvalue weighted by Crippen LogP contribution is 2.26. The highest BCUT2D eigenvalue weighted by atomic mass is 16.5. The molecule has 2 atom stereocenters. The number of ether oxygens (including phenoxy) is 6. The quantitative estimate of drug-likeness (QED) is 0.0662. The lowest BCUT2D eigenvalue weighted by molar-refractivity contribution is -0.149. The van der Waals surface area contributed by atoms with Crippen molar-refractivity contribution in [3.8, 4) is 23.0 Å². The van der Waals surface area contributed by atoms with Crippen LogP contribution in [0.5, 0.6) is 23.0 Å². The van der Waals surface area contributed by atoms with E-state index in [1.807, 2.05) is 27.7 Å². The van der Waals surface area contributed by atoms with E-state index in [0.29, 0.717) is 79.0 Å². The second kappa shape index (κ2) is 20.5. The van der Waals surface area contributed by atoms with Crippen LogP contribution >= 0.6 is 0 Å². The van der Waals surface area contributed by atoms with Gasteiger partial charge in [0.15, 0.2) is 0 Å². The Morgan fingerprint density at radius 2 is 0.959 bits per heavy atom. The Morgan fingerprint density at radius 3 is 1.39 bits per heavy atom. The van der Waals surface area contributed by atoms with Crippen LogP contribution in [-0.4, -0.2) is 50.3 Å². The molecule has 0 saturated carbocycles. The van der Waals surface area contributed by atoms with Crippen molar-refractivity contribution in [1.82, 2.24) is 0 Å². The molecule has 0 bridgehead atoms. The molecule has 0 N–H and O–H groups in total. The van der Waals surface area contributed by atoms with Gasteiger partial charge >= 0.3 is 23.9 Å². The molecular formula is C39H48O10. The van der Waals surface area contributed by atoms with Crippen LogP contribution in [0.1, 0.15) is 92.5 Å². The molecule has 3 aromatic rings. The van der Waals surface area contributed by atoms with Crippen LogP contribution in [0.2, 0.25) is 0 Å². The van der Waals surface area contributed by atoms with Crippen molar-refractivity contribution in [3.63, 3.8) is 0 Å². The Balaban J connectivity index is 1.38. The van der Waals surface area contributed by atoms with Gasteiger partial charge in [0.05, 0.1) is 49.4 Å². The maximum absolute atomic E-state index is 12.8. The highest BCUT2D eigenvalue weighted by Gasteiger charge is 2.15. The van der Waals surface area contributed by atoms with Gasteiger partial charge in [0.1, 0.15) is 23.0 Å². The van der Waals surface area contributed by atoms with Crippen molar-refractivity contribution in [2.45, 2.75) is 73.1 Å². The van der Waals surface area contributed by atoms with Crippen molar-refractivity contribution in [1.29, 1.82) is 0 Å². The summed E-state index contributed by atoms with van der Waals surface area (Å²) in [6, 6.07) is 18.1. The molecule has 10 nitrogen and oxygen atoms in total. The first-order chi connectivity index (χ1) is 23.6. The summed E-state index contributed by atoms with van der Waals surface area (Å²) in [7, 11) is 0. The average molecular weight is 677 g/mol. The third-order valence-corrected chi connectivity index (χ3v) is 7.87. The van der Waals surface area contributed by atoms with Crippen LogP contribution in [-0.2, 0) is 19.1 Å². The summed E-state index contributed by atoms with van der Waals surface area (Å²) >= 11 is 0. The number of carbonyl (C=O) groups is 4. The Kier molecular flexibility index (Phi) is 16.1. The zero-order chi connectivity index (χ0) is 35.6. The highest BCUT2D eigenvalue weighted by molar-refractivity contribution is 5.92. The van der Waals surface area contributed by atoms with Crippen molar-refractivity contribution in [2.24, 2.45) is 11.8 Å². The second-order valence-electron chi connectivity index (χ2n) is 11.8.